The zero-order valence-electron chi connectivity index (χ0n) is 14.3. The van der Waals surface area contributed by atoms with Crippen LogP contribution in [0.4, 0.5) is 16.2 Å². The van der Waals surface area contributed by atoms with E-state index in [1.165, 1.54) is 17.8 Å². The van der Waals surface area contributed by atoms with Crippen LogP contribution in [0.3, 0.4) is 0 Å². The molecule has 142 valence electrons. The summed E-state index contributed by atoms with van der Waals surface area (Å²) in [6.07, 6.45) is 2.41. The van der Waals surface area contributed by atoms with Gasteiger partial charge in [-0.05, 0) is 0 Å². The van der Waals surface area contributed by atoms with E-state index in [4.69, 9.17) is 10.5 Å². The van der Waals surface area contributed by atoms with Crippen molar-refractivity contribution < 1.29 is 17.5 Å². The quantitative estimate of drug-likeness (QED) is 0.661. The normalized spacial score (nSPS) is 16.6. The van der Waals surface area contributed by atoms with Gasteiger partial charge >= 0.3 is 0 Å². The van der Waals surface area contributed by atoms with Crippen LogP contribution in [0.2, 0.25) is 0 Å². The van der Waals surface area contributed by atoms with E-state index in [1.54, 1.807) is 6.07 Å². The fourth-order valence-electron chi connectivity index (χ4n) is 2.90. The number of hydrogen-bond acceptors (Lipinski definition) is 9. The third-order valence-corrected chi connectivity index (χ3v) is 5.92. The number of fused-ring (bicyclic) bond motifs is 1. The molecule has 27 heavy (non-hydrogen) atoms. The molecule has 0 bridgehead atoms. The van der Waals surface area contributed by atoms with Gasteiger partial charge in [0.05, 0.1) is 31.0 Å². The van der Waals surface area contributed by atoms with E-state index in [0.29, 0.717) is 22.9 Å². The molecular formula is C15H16FN7O3S. The highest BCUT2D eigenvalue weighted by Crippen LogP contribution is 2.30. The van der Waals surface area contributed by atoms with Crippen LogP contribution in [-0.2, 0) is 9.84 Å². The van der Waals surface area contributed by atoms with E-state index >= 15 is 0 Å². The van der Waals surface area contributed by atoms with Gasteiger partial charge in [0.25, 0.3) is 0 Å². The Balaban J connectivity index is 1.84. The summed E-state index contributed by atoms with van der Waals surface area (Å²) in [6, 6.07) is 1.65. The van der Waals surface area contributed by atoms with Crippen LogP contribution in [0.15, 0.2) is 18.5 Å². The van der Waals surface area contributed by atoms with Crippen molar-refractivity contribution >= 4 is 27.3 Å². The number of methoxy groups -OCH3 is 1. The van der Waals surface area contributed by atoms with Crippen molar-refractivity contribution in [1.29, 1.82) is 0 Å². The van der Waals surface area contributed by atoms with Crippen molar-refractivity contribution in [3.8, 4) is 17.1 Å². The Labute approximate surface area is 153 Å². The van der Waals surface area contributed by atoms with E-state index in [2.05, 4.69) is 20.1 Å². The Bertz CT molecular complexity index is 1120. The number of nitrogens with two attached hydrogens (primary N) is 1. The fourth-order valence-corrected chi connectivity index (χ4v) is 4.11. The van der Waals surface area contributed by atoms with Gasteiger partial charge in [-0.2, -0.15) is 0 Å². The average molecular weight is 393 g/mol. The van der Waals surface area contributed by atoms with Crippen molar-refractivity contribution in [3.63, 3.8) is 0 Å². The van der Waals surface area contributed by atoms with Crippen LogP contribution in [0, 0.1) is 5.82 Å². The molecule has 4 heterocycles. The zero-order chi connectivity index (χ0) is 19.2. The van der Waals surface area contributed by atoms with Gasteiger partial charge in [-0.25, -0.2) is 32.3 Å². The molecule has 3 aromatic rings. The molecule has 0 amide bonds. The number of ether oxygens (including phenoxy) is 1. The molecule has 0 aliphatic carbocycles. The summed E-state index contributed by atoms with van der Waals surface area (Å²) < 4.78 is 44.4. The standard InChI is InChI=1S/C15H16FN7O3S/c1-26-11-6-12-18-8-10(13-9(16)7-19-15(17)20-13)23(12)21-14(11)22-2-4-27(24,25)5-3-22/h6-8H,2-5H2,1H3,(H2,17,19,20). The third-order valence-electron chi connectivity index (χ3n) is 4.31. The first-order valence-electron chi connectivity index (χ1n) is 8.04. The van der Waals surface area contributed by atoms with E-state index in [1.807, 2.05) is 4.90 Å². The Kier molecular flexibility index (Phi) is 4.06. The number of imidazole rings is 1. The summed E-state index contributed by atoms with van der Waals surface area (Å²) in [5.74, 6) is 0.224. The van der Waals surface area contributed by atoms with Gasteiger partial charge in [0, 0.05) is 19.2 Å². The van der Waals surface area contributed by atoms with Crippen LogP contribution in [-0.4, -0.2) is 64.7 Å². The van der Waals surface area contributed by atoms with Gasteiger partial charge in [-0.15, -0.1) is 5.10 Å². The molecule has 10 nitrogen and oxygen atoms in total. The van der Waals surface area contributed by atoms with E-state index in [9.17, 15) is 12.8 Å². The smallest absolute Gasteiger partial charge is 0.220 e. The number of nitrogen functional groups attached to an aromatic ring is 1. The molecule has 0 unspecified atom stereocenters. The van der Waals surface area contributed by atoms with Gasteiger partial charge in [-0.1, -0.05) is 0 Å². The average Bonchev–Trinajstić information content (AvgIpc) is 3.05. The fraction of sp³-hybridized carbons (Fsp3) is 0.333. The number of anilines is 2. The molecule has 0 saturated carbocycles. The summed E-state index contributed by atoms with van der Waals surface area (Å²) in [4.78, 5) is 13.6. The lowest BCUT2D eigenvalue weighted by Crippen LogP contribution is -2.41. The van der Waals surface area contributed by atoms with Crippen molar-refractivity contribution in [2.24, 2.45) is 0 Å². The first-order chi connectivity index (χ1) is 12.9. The molecule has 0 aromatic carbocycles. The second-order valence-corrected chi connectivity index (χ2v) is 8.32. The van der Waals surface area contributed by atoms with Crippen LogP contribution < -0.4 is 15.4 Å². The Hall–Kier alpha value is -3.02. The zero-order valence-corrected chi connectivity index (χ0v) is 15.1. The lowest BCUT2D eigenvalue weighted by atomic mass is 10.3. The van der Waals surface area contributed by atoms with Crippen LogP contribution in [0.1, 0.15) is 0 Å². The van der Waals surface area contributed by atoms with Crippen molar-refractivity contribution in [1.82, 2.24) is 24.6 Å². The van der Waals surface area contributed by atoms with Crippen LogP contribution >= 0.6 is 0 Å². The van der Waals surface area contributed by atoms with E-state index in [-0.39, 0.29) is 36.2 Å². The minimum atomic E-state index is -3.05. The lowest BCUT2D eigenvalue weighted by molar-refractivity contribution is 0.411. The van der Waals surface area contributed by atoms with Crippen molar-refractivity contribution in [2.45, 2.75) is 0 Å². The molecule has 4 rings (SSSR count). The summed E-state index contributed by atoms with van der Waals surface area (Å²) in [5.41, 5.74) is 6.26. The number of halogens is 1. The van der Waals surface area contributed by atoms with Crippen molar-refractivity contribution in [2.75, 3.05) is 42.3 Å². The molecule has 3 aromatic heterocycles. The summed E-state index contributed by atoms with van der Waals surface area (Å²) in [7, 11) is -1.55. The van der Waals surface area contributed by atoms with Gasteiger partial charge in [-0.3, -0.25) is 0 Å². The summed E-state index contributed by atoms with van der Waals surface area (Å²) in [5, 5.41) is 4.52. The molecular weight excluding hydrogens is 377 g/mol. The number of nitrogens with zero attached hydrogens (tertiary/aromatic N) is 6. The highest BCUT2D eigenvalue weighted by atomic mass is 32.2. The molecule has 12 heteroatoms. The molecule has 2 N–H and O–H groups in total. The Morgan fingerprint density at radius 2 is 1.96 bits per heavy atom. The first kappa shape index (κ1) is 17.4. The molecule has 1 aliphatic heterocycles. The van der Waals surface area contributed by atoms with E-state index in [0.717, 1.165) is 6.20 Å². The minimum Gasteiger partial charge on any atom is -0.493 e. The van der Waals surface area contributed by atoms with Gasteiger partial charge in [0.2, 0.25) is 5.95 Å². The Morgan fingerprint density at radius 1 is 1.22 bits per heavy atom. The maximum Gasteiger partial charge on any atom is 0.220 e. The first-order valence-corrected chi connectivity index (χ1v) is 9.86. The summed E-state index contributed by atoms with van der Waals surface area (Å²) >= 11 is 0. The topological polar surface area (TPSA) is 129 Å². The van der Waals surface area contributed by atoms with Crippen LogP contribution in [0.5, 0.6) is 5.75 Å². The predicted molar refractivity (Wildman–Crippen MR) is 95.8 cm³/mol. The van der Waals surface area contributed by atoms with E-state index < -0.39 is 15.7 Å². The number of aromatic nitrogens is 5. The highest BCUT2D eigenvalue weighted by molar-refractivity contribution is 7.91. The second kappa shape index (κ2) is 6.30. The van der Waals surface area contributed by atoms with Crippen molar-refractivity contribution in [3.05, 3.63) is 24.3 Å². The van der Waals surface area contributed by atoms with Gasteiger partial charge in [0.15, 0.2) is 32.9 Å². The minimum absolute atomic E-state index is 0.0279. The monoisotopic (exact) mass is 393 g/mol. The molecule has 1 saturated heterocycles. The maximum atomic E-state index is 14.2. The molecule has 1 fully saturated rings. The molecule has 0 radical (unpaired) electrons. The molecule has 0 atom stereocenters. The summed E-state index contributed by atoms with van der Waals surface area (Å²) in [6.45, 7) is 0.575. The largest absolute Gasteiger partial charge is 0.493 e. The lowest BCUT2D eigenvalue weighted by Gasteiger charge is -2.28. The third kappa shape index (κ3) is 3.12. The molecule has 1 aliphatic rings. The highest BCUT2D eigenvalue weighted by Gasteiger charge is 2.26. The van der Waals surface area contributed by atoms with Gasteiger partial charge in [0.1, 0.15) is 11.4 Å². The molecule has 0 spiro atoms. The number of rotatable bonds is 3. The van der Waals surface area contributed by atoms with Crippen LogP contribution in [0.25, 0.3) is 17.0 Å². The number of hydrogen-bond donors (Lipinski definition) is 1. The second-order valence-electron chi connectivity index (χ2n) is 6.01. The predicted octanol–water partition coefficient (Wildman–Crippen LogP) is 0.151. The maximum absolute atomic E-state index is 14.2. The Morgan fingerprint density at radius 3 is 2.67 bits per heavy atom. The SMILES string of the molecule is COc1cc2ncc(-c3nc(N)ncc3F)n2nc1N1CCS(=O)(=O)CC1. The van der Waals surface area contributed by atoms with Gasteiger partial charge < -0.3 is 15.4 Å². The number of sulfone groups is 1.